The van der Waals surface area contributed by atoms with Crippen molar-refractivity contribution in [1.29, 1.82) is 0 Å². The van der Waals surface area contributed by atoms with Crippen LogP contribution < -0.4 is 0 Å². The topological polar surface area (TPSA) is 53.5 Å². The van der Waals surface area contributed by atoms with Gasteiger partial charge in [0.2, 0.25) is 0 Å². The van der Waals surface area contributed by atoms with E-state index in [0.29, 0.717) is 0 Å². The first kappa shape index (κ1) is 29.3. The van der Waals surface area contributed by atoms with Crippen LogP contribution in [0.15, 0.2) is 94.1 Å². The fourth-order valence-corrected chi connectivity index (χ4v) is 3.95. The summed E-state index contributed by atoms with van der Waals surface area (Å²) in [6, 6.07) is 24.5. The summed E-state index contributed by atoms with van der Waals surface area (Å²) in [5, 5.41) is 0. The van der Waals surface area contributed by atoms with Gasteiger partial charge < -0.3 is 13.7 Å². The second-order valence-electron chi connectivity index (χ2n) is 8.48. The maximum atomic E-state index is 5.11. The highest BCUT2D eigenvalue weighted by Crippen LogP contribution is 2.23. The highest BCUT2D eigenvalue weighted by molar-refractivity contribution is 9.10. The SMILES string of the molecule is CB1OB(C)OB(C)O1.Cc1cc(-c2ccccc2)ncc1Br.Cc1cc(-c2ccccc2)ncc1Br. The van der Waals surface area contributed by atoms with Crippen molar-refractivity contribution in [2.75, 3.05) is 0 Å². The lowest BCUT2D eigenvalue weighted by Crippen LogP contribution is -2.44. The molecule has 1 aliphatic rings. The van der Waals surface area contributed by atoms with E-state index in [1.54, 1.807) is 0 Å². The molecule has 5 nitrogen and oxygen atoms in total. The third-order valence-corrected chi connectivity index (χ3v) is 7.04. The average Bonchev–Trinajstić information content (AvgIpc) is 2.88. The number of nitrogens with zero attached hydrogens (tertiary/aromatic N) is 2. The van der Waals surface area contributed by atoms with Crippen molar-refractivity contribution in [3.05, 3.63) is 105 Å². The van der Waals surface area contributed by atoms with E-state index in [1.807, 2.05) is 69.3 Å². The van der Waals surface area contributed by atoms with E-state index in [9.17, 15) is 0 Å². The fourth-order valence-electron chi connectivity index (χ4n) is 3.52. The molecule has 0 bridgehead atoms. The van der Waals surface area contributed by atoms with Gasteiger partial charge >= 0.3 is 21.4 Å². The zero-order chi connectivity index (χ0) is 26.8. The molecule has 0 N–H and O–H groups in total. The molecule has 2 aromatic carbocycles. The summed E-state index contributed by atoms with van der Waals surface area (Å²) in [7, 11) is -0.406. The minimum atomic E-state index is -0.135. The van der Waals surface area contributed by atoms with Gasteiger partial charge in [-0.15, -0.1) is 0 Å². The van der Waals surface area contributed by atoms with Crippen LogP contribution in [0.1, 0.15) is 11.1 Å². The van der Waals surface area contributed by atoms with Crippen molar-refractivity contribution in [3.8, 4) is 22.5 Å². The quantitative estimate of drug-likeness (QED) is 0.212. The van der Waals surface area contributed by atoms with Crippen LogP contribution in [0.4, 0.5) is 0 Å². The summed E-state index contributed by atoms with van der Waals surface area (Å²) in [4.78, 5) is 8.72. The number of halogens is 2. The predicted molar refractivity (Wildman–Crippen MR) is 162 cm³/mol. The molecular formula is C27H29B3Br2N2O3. The van der Waals surface area contributed by atoms with E-state index in [1.165, 1.54) is 11.1 Å². The lowest BCUT2D eigenvalue weighted by Gasteiger charge is -2.25. The number of aryl methyl sites for hydroxylation is 2. The van der Waals surface area contributed by atoms with Gasteiger partial charge in [0.05, 0.1) is 11.4 Å². The van der Waals surface area contributed by atoms with Gasteiger partial charge in [-0.05, 0) is 89.4 Å². The Kier molecular flexibility index (Phi) is 11.6. The standard InChI is InChI=1S/2C12H10BrN.C3H9B3O3/c2*1-9-7-12(14-8-11(9)13)10-5-3-2-4-6-10;1-4-7-5(2)9-6(3)8-4/h2*2-8H,1H3;1-3H3. The molecule has 0 atom stereocenters. The second kappa shape index (κ2) is 14.6. The first-order valence-electron chi connectivity index (χ1n) is 12.0. The van der Waals surface area contributed by atoms with Crippen LogP contribution in [0.5, 0.6) is 0 Å². The Bertz CT molecular complexity index is 1160. The Balaban J connectivity index is 0.000000159. The fraction of sp³-hybridized carbons (Fsp3) is 0.185. The van der Waals surface area contributed by atoms with Crippen LogP contribution in [-0.2, 0) is 13.7 Å². The van der Waals surface area contributed by atoms with Gasteiger partial charge in [-0.2, -0.15) is 0 Å². The summed E-state index contributed by atoms with van der Waals surface area (Å²) in [5.74, 6) is 0. The molecule has 37 heavy (non-hydrogen) atoms. The lowest BCUT2D eigenvalue weighted by atomic mass is 9.74. The molecule has 3 heterocycles. The Labute approximate surface area is 238 Å². The van der Waals surface area contributed by atoms with Crippen LogP contribution in [0, 0.1) is 13.8 Å². The molecule has 4 aromatic rings. The Morgan fingerprint density at radius 2 is 0.892 bits per heavy atom. The summed E-state index contributed by atoms with van der Waals surface area (Å²) in [6.07, 6.45) is 3.69. The molecule has 10 heteroatoms. The summed E-state index contributed by atoms with van der Waals surface area (Å²) < 4.78 is 17.4. The maximum Gasteiger partial charge on any atom is 0.426 e. The highest BCUT2D eigenvalue weighted by atomic mass is 79.9. The van der Waals surface area contributed by atoms with E-state index in [0.717, 1.165) is 31.5 Å². The van der Waals surface area contributed by atoms with Gasteiger partial charge in [0.15, 0.2) is 0 Å². The number of pyridine rings is 2. The van der Waals surface area contributed by atoms with Crippen molar-refractivity contribution in [3.63, 3.8) is 0 Å². The summed E-state index contributed by atoms with van der Waals surface area (Å²) in [6.45, 7) is 9.71. The van der Waals surface area contributed by atoms with E-state index < -0.39 is 0 Å². The number of aromatic nitrogens is 2. The zero-order valence-electron chi connectivity index (χ0n) is 21.7. The molecule has 0 unspecified atom stereocenters. The van der Waals surface area contributed by atoms with Gasteiger partial charge in [-0.3, -0.25) is 9.97 Å². The van der Waals surface area contributed by atoms with Crippen molar-refractivity contribution >= 4 is 53.2 Å². The zero-order valence-corrected chi connectivity index (χ0v) is 24.9. The van der Waals surface area contributed by atoms with Gasteiger partial charge in [0.1, 0.15) is 0 Å². The normalized spacial score (nSPS) is 12.8. The summed E-state index contributed by atoms with van der Waals surface area (Å²) in [5.41, 5.74) is 6.77. The molecular weight excluding hydrogens is 593 g/mol. The molecule has 0 amide bonds. The van der Waals surface area contributed by atoms with Crippen molar-refractivity contribution in [2.45, 2.75) is 34.3 Å². The minimum absolute atomic E-state index is 0.135. The Morgan fingerprint density at radius 3 is 1.19 bits per heavy atom. The van der Waals surface area contributed by atoms with Gasteiger partial charge in [0, 0.05) is 32.5 Å². The third kappa shape index (κ3) is 9.54. The monoisotopic (exact) mass is 620 g/mol. The van der Waals surface area contributed by atoms with E-state index >= 15 is 0 Å². The van der Waals surface area contributed by atoms with Crippen molar-refractivity contribution < 1.29 is 13.7 Å². The Hall–Kier alpha value is -2.23. The summed E-state index contributed by atoms with van der Waals surface area (Å²) >= 11 is 6.88. The smallest absolute Gasteiger partial charge is 0.426 e. The molecule has 0 radical (unpaired) electrons. The first-order chi connectivity index (χ1) is 17.7. The maximum absolute atomic E-state index is 5.11. The molecule has 2 aromatic heterocycles. The van der Waals surface area contributed by atoms with Crippen LogP contribution in [0.2, 0.25) is 20.5 Å². The molecule has 188 valence electrons. The average molecular weight is 622 g/mol. The van der Waals surface area contributed by atoms with Crippen LogP contribution in [0.3, 0.4) is 0 Å². The highest BCUT2D eigenvalue weighted by Gasteiger charge is 2.31. The molecule has 1 aliphatic heterocycles. The molecule has 0 saturated carbocycles. The molecule has 5 rings (SSSR count). The third-order valence-electron chi connectivity index (χ3n) is 5.38. The number of hydrogen-bond donors (Lipinski definition) is 0. The van der Waals surface area contributed by atoms with Crippen LogP contribution in [0.25, 0.3) is 22.5 Å². The number of benzene rings is 2. The predicted octanol–water partition coefficient (Wildman–Crippen LogP) is 8.04. The van der Waals surface area contributed by atoms with Crippen LogP contribution >= 0.6 is 31.9 Å². The van der Waals surface area contributed by atoms with Crippen LogP contribution in [-0.4, -0.2) is 31.3 Å². The van der Waals surface area contributed by atoms with E-state index in [2.05, 4.69) is 92.1 Å². The number of hydrogen-bond acceptors (Lipinski definition) is 5. The molecule has 1 fully saturated rings. The first-order valence-corrected chi connectivity index (χ1v) is 13.6. The Morgan fingerprint density at radius 1 is 0.568 bits per heavy atom. The largest absolute Gasteiger partial charge is 0.453 e. The second-order valence-corrected chi connectivity index (χ2v) is 10.2. The van der Waals surface area contributed by atoms with Gasteiger partial charge in [0.25, 0.3) is 0 Å². The number of rotatable bonds is 2. The van der Waals surface area contributed by atoms with Crippen molar-refractivity contribution in [1.82, 2.24) is 9.97 Å². The lowest BCUT2D eigenvalue weighted by molar-refractivity contribution is 0.294. The van der Waals surface area contributed by atoms with Crippen molar-refractivity contribution in [2.24, 2.45) is 0 Å². The minimum Gasteiger partial charge on any atom is -0.453 e. The molecule has 0 spiro atoms. The molecule has 1 saturated heterocycles. The molecule has 0 aliphatic carbocycles. The van der Waals surface area contributed by atoms with E-state index in [-0.39, 0.29) is 21.4 Å². The van der Waals surface area contributed by atoms with Gasteiger partial charge in [-0.25, -0.2) is 0 Å². The van der Waals surface area contributed by atoms with E-state index in [4.69, 9.17) is 13.7 Å². The van der Waals surface area contributed by atoms with Gasteiger partial charge in [-0.1, -0.05) is 60.7 Å².